The summed E-state index contributed by atoms with van der Waals surface area (Å²) in [6, 6.07) is 7.25. The van der Waals surface area contributed by atoms with Crippen molar-refractivity contribution in [3.8, 4) is 5.75 Å². The molecule has 0 atom stereocenters. The molecule has 1 amide bonds. The van der Waals surface area contributed by atoms with E-state index in [1.807, 2.05) is 6.92 Å². The summed E-state index contributed by atoms with van der Waals surface area (Å²) in [4.78, 5) is 25.1. The van der Waals surface area contributed by atoms with E-state index >= 15 is 0 Å². The number of anilines is 1. The highest BCUT2D eigenvalue weighted by atomic mass is 19.4. The molecule has 2 aliphatic heterocycles. The first-order chi connectivity index (χ1) is 15.6. The van der Waals surface area contributed by atoms with Gasteiger partial charge >= 0.3 is 17.9 Å². The molecule has 0 spiro atoms. The third-order valence-electron chi connectivity index (χ3n) is 5.71. The van der Waals surface area contributed by atoms with Gasteiger partial charge in [-0.15, -0.1) is 0 Å². The molecule has 0 saturated carbocycles. The number of aromatic carboxylic acids is 1. The van der Waals surface area contributed by atoms with E-state index < -0.39 is 17.9 Å². The van der Waals surface area contributed by atoms with Gasteiger partial charge in [-0.3, -0.25) is 4.79 Å². The number of rotatable bonds is 8. The van der Waals surface area contributed by atoms with Crippen LogP contribution in [0.1, 0.15) is 46.8 Å². The van der Waals surface area contributed by atoms with E-state index in [0.29, 0.717) is 48.4 Å². The Hall–Kier alpha value is -3.56. The number of benzene rings is 2. The van der Waals surface area contributed by atoms with E-state index in [1.54, 1.807) is 11.0 Å². The van der Waals surface area contributed by atoms with Gasteiger partial charge in [0.05, 0.1) is 24.2 Å². The van der Waals surface area contributed by atoms with E-state index in [2.05, 4.69) is 0 Å². The van der Waals surface area contributed by atoms with Crippen LogP contribution in [0.2, 0.25) is 0 Å². The van der Waals surface area contributed by atoms with Gasteiger partial charge in [-0.2, -0.15) is 17.9 Å². The topological polar surface area (TPSA) is 92.9 Å². The average Bonchev–Trinajstić information content (AvgIpc) is 3.04. The maximum atomic E-state index is 13.1. The second-order valence-electron chi connectivity index (χ2n) is 7.90. The Kier molecular flexibility index (Phi) is 5.77. The highest BCUT2D eigenvalue weighted by molar-refractivity contribution is 6.10. The molecule has 1 N–H and O–H groups in total. The van der Waals surface area contributed by atoms with Crippen LogP contribution in [-0.4, -0.2) is 46.8 Å². The number of carboxylic acid groups (broad SMARTS) is 1. The monoisotopic (exact) mass is 462 g/mol. The molecule has 0 radical (unpaired) electrons. The molecule has 0 aliphatic carbocycles. The van der Waals surface area contributed by atoms with Crippen LogP contribution in [0.25, 0.3) is 0 Å². The van der Waals surface area contributed by atoms with Crippen LogP contribution in [0.15, 0.2) is 30.3 Å². The number of amides is 1. The Morgan fingerprint density at radius 2 is 2.03 bits per heavy atom. The zero-order chi connectivity index (χ0) is 23.9. The minimum Gasteiger partial charge on any atom is -0.618 e. The number of ether oxygens (including phenoxy) is 1. The zero-order valence-corrected chi connectivity index (χ0v) is 17.7. The van der Waals surface area contributed by atoms with Crippen molar-refractivity contribution in [1.29, 1.82) is 0 Å². The third-order valence-corrected chi connectivity index (χ3v) is 5.71. The zero-order valence-electron chi connectivity index (χ0n) is 17.7. The Morgan fingerprint density at radius 3 is 2.70 bits per heavy atom. The number of nitrogens with zero attached hydrogens (tertiary/aromatic N) is 2. The van der Waals surface area contributed by atoms with Gasteiger partial charge < -0.3 is 20.0 Å². The molecule has 2 aliphatic rings. The summed E-state index contributed by atoms with van der Waals surface area (Å²) >= 11 is 0. The number of alkyl halides is 3. The maximum Gasteiger partial charge on any atom is 0.479 e. The predicted octanol–water partition coefficient (Wildman–Crippen LogP) is 4.20. The Labute approximate surface area is 187 Å². The van der Waals surface area contributed by atoms with E-state index in [-0.39, 0.29) is 40.5 Å². The van der Waals surface area contributed by atoms with Crippen molar-refractivity contribution in [2.45, 2.75) is 38.8 Å². The normalized spacial score (nSPS) is 14.8. The van der Waals surface area contributed by atoms with Crippen LogP contribution in [-0.2, 0) is 17.6 Å². The number of halogens is 3. The van der Waals surface area contributed by atoms with Crippen LogP contribution in [0, 0.1) is 5.21 Å². The summed E-state index contributed by atoms with van der Waals surface area (Å²) in [6.45, 7) is 2.39. The van der Waals surface area contributed by atoms with Gasteiger partial charge in [0.1, 0.15) is 11.3 Å². The number of hydrogen-bond donors (Lipinski definition) is 1. The van der Waals surface area contributed by atoms with Gasteiger partial charge in [0, 0.05) is 12.2 Å². The van der Waals surface area contributed by atoms with Gasteiger partial charge in [0.25, 0.3) is 0 Å². The number of fused-ring (bicyclic) bond motifs is 2. The lowest BCUT2D eigenvalue weighted by Crippen LogP contribution is -2.38. The molecule has 7 nitrogen and oxygen atoms in total. The maximum absolute atomic E-state index is 13.1. The minimum atomic E-state index is -4.72. The number of carbonyl (C=O) groups excluding carboxylic acids is 1. The van der Waals surface area contributed by atoms with Crippen LogP contribution in [0.3, 0.4) is 0 Å². The van der Waals surface area contributed by atoms with Gasteiger partial charge in [-0.25, -0.2) is 4.79 Å². The first kappa shape index (κ1) is 22.6. The van der Waals surface area contributed by atoms with Gasteiger partial charge in [0.15, 0.2) is 0 Å². The largest absolute Gasteiger partial charge is 0.618 e. The molecule has 0 unspecified atom stereocenters. The molecule has 174 valence electrons. The first-order valence-electron chi connectivity index (χ1n) is 10.5. The molecule has 10 heteroatoms. The summed E-state index contributed by atoms with van der Waals surface area (Å²) in [6.07, 6.45) is -3.13. The summed E-state index contributed by atoms with van der Waals surface area (Å²) in [5.41, 5.74) is 0.568. The SMILES string of the molecule is CCCc1c(OCCCN2C(=O)Cc3cc(C(=O)O)ccc32)ccc2c1[N+]([O-])=C2C(F)(F)F. The van der Waals surface area contributed by atoms with E-state index in [9.17, 15) is 28.0 Å². The van der Waals surface area contributed by atoms with Crippen LogP contribution >= 0.6 is 0 Å². The Morgan fingerprint density at radius 1 is 1.27 bits per heavy atom. The first-order valence-corrected chi connectivity index (χ1v) is 10.5. The van der Waals surface area contributed by atoms with Crippen LogP contribution in [0.4, 0.5) is 24.5 Å². The lowest BCUT2D eigenvalue weighted by molar-refractivity contribution is -0.388. The van der Waals surface area contributed by atoms with E-state index in [1.165, 1.54) is 24.3 Å². The van der Waals surface area contributed by atoms with Crippen LogP contribution in [0.5, 0.6) is 5.75 Å². The molecule has 2 aromatic carbocycles. The molecule has 0 bridgehead atoms. The van der Waals surface area contributed by atoms with Crippen molar-refractivity contribution in [3.63, 3.8) is 0 Å². The number of carboxylic acids is 1. The average molecular weight is 462 g/mol. The second kappa shape index (κ2) is 8.42. The van der Waals surface area contributed by atoms with Gasteiger partial charge in [-0.05, 0) is 48.7 Å². The Balaban J connectivity index is 1.43. The summed E-state index contributed by atoms with van der Waals surface area (Å²) < 4.78 is 44.9. The molecule has 2 heterocycles. The van der Waals surface area contributed by atoms with Crippen molar-refractivity contribution < 1.29 is 37.3 Å². The van der Waals surface area contributed by atoms with Crippen molar-refractivity contribution in [1.82, 2.24) is 0 Å². The highest BCUT2D eigenvalue weighted by Gasteiger charge is 2.53. The van der Waals surface area contributed by atoms with Crippen LogP contribution < -0.4 is 9.64 Å². The van der Waals surface area contributed by atoms with Gasteiger partial charge in [-0.1, -0.05) is 13.3 Å². The fourth-order valence-corrected chi connectivity index (χ4v) is 4.27. The number of carbonyl (C=O) groups is 2. The van der Waals surface area contributed by atoms with E-state index in [0.717, 1.165) is 0 Å². The molecule has 2 aromatic rings. The smallest absolute Gasteiger partial charge is 0.479 e. The van der Waals surface area contributed by atoms with Gasteiger partial charge in [0.2, 0.25) is 11.6 Å². The van der Waals surface area contributed by atoms with Crippen molar-refractivity contribution in [2.75, 3.05) is 18.1 Å². The van der Waals surface area contributed by atoms with E-state index in [4.69, 9.17) is 9.84 Å². The standard InChI is InChI=1S/C23H21F3N2O5/c1-2-4-15-18(8-6-16-20(15)28(32)21(16)23(24,25)26)33-10-3-9-27-17-7-5-13(22(30)31)11-14(17)12-19(27)29/h5-8,11H,2-4,9-10,12H2,1H3,(H,30,31). The molecule has 0 saturated heterocycles. The fourth-order valence-electron chi connectivity index (χ4n) is 4.27. The lowest BCUT2D eigenvalue weighted by Gasteiger charge is -2.25. The summed E-state index contributed by atoms with van der Waals surface area (Å²) in [5, 5.41) is 21.2. The quantitative estimate of drug-likeness (QED) is 0.361. The third kappa shape index (κ3) is 4.01. The van der Waals surface area contributed by atoms with Crippen molar-refractivity contribution in [2.24, 2.45) is 0 Å². The molecule has 0 fully saturated rings. The fraction of sp³-hybridized carbons (Fsp3) is 0.348. The lowest BCUT2D eigenvalue weighted by atomic mass is 9.94. The Bertz CT molecular complexity index is 1170. The molecule has 33 heavy (non-hydrogen) atoms. The minimum absolute atomic E-state index is 0.000409. The predicted molar refractivity (Wildman–Crippen MR) is 113 cm³/mol. The van der Waals surface area contributed by atoms with Crippen molar-refractivity contribution in [3.05, 3.63) is 57.8 Å². The molecule has 0 aromatic heterocycles. The number of hydrogen-bond acceptors (Lipinski definition) is 4. The molecule has 4 rings (SSSR count). The molecular weight excluding hydrogens is 441 g/mol. The highest BCUT2D eigenvalue weighted by Crippen LogP contribution is 2.43. The molecular formula is C23H21F3N2O5. The second-order valence-corrected chi connectivity index (χ2v) is 7.90. The summed E-state index contributed by atoms with van der Waals surface area (Å²) in [7, 11) is 0. The van der Waals surface area contributed by atoms with Crippen molar-refractivity contribution >= 4 is 29.0 Å². The summed E-state index contributed by atoms with van der Waals surface area (Å²) in [5.74, 6) is -0.843.